The molecule has 1 aliphatic carbocycles. The van der Waals surface area contributed by atoms with Gasteiger partial charge in [-0.15, -0.1) is 0 Å². The number of aromatic carboxylic acids is 1. The highest BCUT2D eigenvalue weighted by atomic mass is 16.5. The average molecular weight is 252 g/mol. The molecule has 0 amide bonds. The molecule has 0 unspecified atom stereocenters. The Hall–Kier alpha value is -1.29. The number of aryl methyl sites for hydroxylation is 1. The van der Waals surface area contributed by atoms with Gasteiger partial charge in [0.25, 0.3) is 0 Å². The Morgan fingerprint density at radius 2 is 2.17 bits per heavy atom. The van der Waals surface area contributed by atoms with Gasteiger partial charge in [-0.3, -0.25) is 0 Å². The molecule has 4 nitrogen and oxygen atoms in total. The number of carbonyl (C=O) groups is 1. The fraction of sp³-hybridized carbons (Fsp3) is 0.643. The molecule has 4 heteroatoms. The van der Waals surface area contributed by atoms with Gasteiger partial charge in [0.2, 0.25) is 0 Å². The molecule has 1 saturated carbocycles. The molecular formula is C14H20O4. The number of rotatable bonds is 5. The third-order valence-corrected chi connectivity index (χ3v) is 3.52. The fourth-order valence-electron chi connectivity index (χ4n) is 2.51. The summed E-state index contributed by atoms with van der Waals surface area (Å²) in [5, 5.41) is 8.91. The van der Waals surface area contributed by atoms with Crippen LogP contribution >= 0.6 is 0 Å². The molecule has 1 N–H and O–H groups in total. The van der Waals surface area contributed by atoms with Crippen LogP contribution in [0.3, 0.4) is 0 Å². The maximum absolute atomic E-state index is 10.9. The summed E-state index contributed by atoms with van der Waals surface area (Å²) in [7, 11) is 0. The molecule has 0 atom stereocenters. The van der Waals surface area contributed by atoms with Crippen LogP contribution in [0, 0.1) is 12.8 Å². The van der Waals surface area contributed by atoms with Crippen molar-refractivity contribution < 1.29 is 19.1 Å². The zero-order valence-electron chi connectivity index (χ0n) is 10.8. The Labute approximate surface area is 107 Å². The summed E-state index contributed by atoms with van der Waals surface area (Å²) < 4.78 is 11.0. The smallest absolute Gasteiger partial charge is 0.339 e. The highest BCUT2D eigenvalue weighted by Gasteiger charge is 2.16. The minimum atomic E-state index is -0.949. The van der Waals surface area contributed by atoms with Crippen molar-refractivity contribution in [3.8, 4) is 0 Å². The van der Waals surface area contributed by atoms with E-state index in [0.29, 0.717) is 24.0 Å². The number of hydrogen-bond acceptors (Lipinski definition) is 3. The monoisotopic (exact) mass is 252 g/mol. The first-order chi connectivity index (χ1) is 8.66. The first kappa shape index (κ1) is 13.1. The van der Waals surface area contributed by atoms with Crippen LogP contribution < -0.4 is 0 Å². The summed E-state index contributed by atoms with van der Waals surface area (Å²) in [6.07, 6.45) is 6.44. The lowest BCUT2D eigenvalue weighted by atomic mass is 9.90. The second-order valence-corrected chi connectivity index (χ2v) is 5.01. The Kier molecular flexibility index (Phi) is 4.42. The maximum atomic E-state index is 10.9. The van der Waals surface area contributed by atoms with Gasteiger partial charge in [0.05, 0.1) is 0 Å². The summed E-state index contributed by atoms with van der Waals surface area (Å²) in [6, 6.07) is 1.55. The largest absolute Gasteiger partial charge is 0.478 e. The van der Waals surface area contributed by atoms with Crippen molar-refractivity contribution in [2.75, 3.05) is 6.61 Å². The Morgan fingerprint density at radius 3 is 2.78 bits per heavy atom. The Bertz CT molecular complexity index is 402. The zero-order valence-corrected chi connectivity index (χ0v) is 10.8. The molecular weight excluding hydrogens is 232 g/mol. The van der Waals surface area contributed by atoms with E-state index < -0.39 is 5.97 Å². The van der Waals surface area contributed by atoms with Crippen molar-refractivity contribution in [1.82, 2.24) is 0 Å². The SMILES string of the molecule is Cc1oc(COCC2CCCCC2)cc1C(=O)O. The lowest BCUT2D eigenvalue weighted by molar-refractivity contribution is 0.0633. The van der Waals surface area contributed by atoms with Crippen molar-refractivity contribution >= 4 is 5.97 Å². The minimum Gasteiger partial charge on any atom is -0.478 e. The van der Waals surface area contributed by atoms with Crippen LogP contribution in [0.1, 0.15) is 54.0 Å². The molecule has 18 heavy (non-hydrogen) atoms. The molecule has 2 rings (SSSR count). The summed E-state index contributed by atoms with van der Waals surface area (Å²) >= 11 is 0. The Morgan fingerprint density at radius 1 is 1.44 bits per heavy atom. The first-order valence-corrected chi connectivity index (χ1v) is 6.57. The van der Waals surface area contributed by atoms with Crippen molar-refractivity contribution in [1.29, 1.82) is 0 Å². The van der Waals surface area contributed by atoms with Gasteiger partial charge in [-0.25, -0.2) is 4.79 Å². The number of carboxylic acids is 1. The van der Waals surface area contributed by atoms with Crippen LogP contribution in [-0.2, 0) is 11.3 Å². The van der Waals surface area contributed by atoms with Crippen molar-refractivity contribution in [2.24, 2.45) is 5.92 Å². The lowest BCUT2D eigenvalue weighted by Crippen LogP contribution is -2.13. The second-order valence-electron chi connectivity index (χ2n) is 5.01. The predicted octanol–water partition coefficient (Wildman–Crippen LogP) is 3.38. The van der Waals surface area contributed by atoms with Crippen LogP contribution in [-0.4, -0.2) is 17.7 Å². The summed E-state index contributed by atoms with van der Waals surface area (Å²) in [5.74, 6) is 0.753. The van der Waals surface area contributed by atoms with E-state index in [2.05, 4.69) is 0 Å². The minimum absolute atomic E-state index is 0.228. The Balaban J connectivity index is 1.79. The van der Waals surface area contributed by atoms with E-state index in [-0.39, 0.29) is 5.56 Å². The molecule has 100 valence electrons. The third-order valence-electron chi connectivity index (χ3n) is 3.52. The maximum Gasteiger partial charge on any atom is 0.339 e. The first-order valence-electron chi connectivity index (χ1n) is 6.57. The quantitative estimate of drug-likeness (QED) is 0.872. The highest BCUT2D eigenvalue weighted by Crippen LogP contribution is 2.24. The fourth-order valence-corrected chi connectivity index (χ4v) is 2.51. The molecule has 1 aromatic rings. The molecule has 1 fully saturated rings. The van der Waals surface area contributed by atoms with Crippen LogP contribution in [0.4, 0.5) is 0 Å². The van der Waals surface area contributed by atoms with E-state index in [4.69, 9.17) is 14.3 Å². The van der Waals surface area contributed by atoms with E-state index in [1.54, 1.807) is 13.0 Å². The molecule has 0 aliphatic heterocycles. The normalized spacial score (nSPS) is 16.9. The van der Waals surface area contributed by atoms with E-state index in [0.717, 1.165) is 6.61 Å². The number of carboxylic acid groups (broad SMARTS) is 1. The molecule has 1 aromatic heterocycles. The summed E-state index contributed by atoms with van der Waals surface area (Å²) in [5.41, 5.74) is 0.228. The van der Waals surface area contributed by atoms with Gasteiger partial charge in [0, 0.05) is 6.61 Å². The number of ether oxygens (including phenoxy) is 1. The summed E-state index contributed by atoms with van der Waals surface area (Å²) in [6.45, 7) is 2.78. The van der Waals surface area contributed by atoms with Gasteiger partial charge in [-0.1, -0.05) is 19.3 Å². The standard InChI is InChI=1S/C14H20O4/c1-10-13(14(15)16)7-12(18-10)9-17-8-11-5-3-2-4-6-11/h7,11H,2-6,8-9H2,1H3,(H,15,16). The molecule has 0 radical (unpaired) electrons. The summed E-state index contributed by atoms with van der Waals surface area (Å²) in [4.78, 5) is 10.9. The van der Waals surface area contributed by atoms with E-state index in [1.165, 1.54) is 32.1 Å². The number of hydrogen-bond donors (Lipinski definition) is 1. The van der Waals surface area contributed by atoms with Crippen molar-refractivity contribution in [3.05, 3.63) is 23.2 Å². The van der Waals surface area contributed by atoms with Crippen molar-refractivity contribution in [3.63, 3.8) is 0 Å². The highest BCUT2D eigenvalue weighted by molar-refractivity contribution is 5.88. The molecule has 0 bridgehead atoms. The third kappa shape index (κ3) is 3.35. The van der Waals surface area contributed by atoms with Gasteiger partial charge in [0.15, 0.2) is 0 Å². The van der Waals surface area contributed by atoms with E-state index in [9.17, 15) is 4.79 Å². The van der Waals surface area contributed by atoms with Crippen LogP contribution in [0.2, 0.25) is 0 Å². The lowest BCUT2D eigenvalue weighted by Gasteiger charge is -2.20. The topological polar surface area (TPSA) is 59.7 Å². The second kappa shape index (κ2) is 6.05. The number of furan rings is 1. The van der Waals surface area contributed by atoms with Crippen LogP contribution in [0.5, 0.6) is 0 Å². The molecule has 0 aromatic carbocycles. The van der Waals surface area contributed by atoms with Gasteiger partial charge < -0.3 is 14.3 Å². The van der Waals surface area contributed by atoms with Crippen molar-refractivity contribution in [2.45, 2.75) is 45.6 Å². The average Bonchev–Trinajstić information content (AvgIpc) is 2.72. The van der Waals surface area contributed by atoms with E-state index >= 15 is 0 Å². The van der Waals surface area contributed by atoms with Crippen LogP contribution in [0.15, 0.2) is 10.5 Å². The molecule has 0 spiro atoms. The zero-order chi connectivity index (χ0) is 13.0. The molecule has 1 heterocycles. The predicted molar refractivity (Wildman–Crippen MR) is 66.6 cm³/mol. The van der Waals surface area contributed by atoms with Gasteiger partial charge in [-0.2, -0.15) is 0 Å². The molecule has 0 saturated heterocycles. The van der Waals surface area contributed by atoms with Gasteiger partial charge in [0.1, 0.15) is 23.7 Å². The molecule has 1 aliphatic rings. The van der Waals surface area contributed by atoms with E-state index in [1.807, 2.05) is 0 Å². The van der Waals surface area contributed by atoms with Gasteiger partial charge in [-0.05, 0) is 31.7 Å². The van der Waals surface area contributed by atoms with Crippen LogP contribution in [0.25, 0.3) is 0 Å². The van der Waals surface area contributed by atoms with Gasteiger partial charge >= 0.3 is 5.97 Å².